The number of fused-ring (bicyclic) bond motifs is 1. The van der Waals surface area contributed by atoms with E-state index in [4.69, 9.17) is 5.73 Å². The maximum atomic E-state index is 5.85. The standard InChI is InChI=1S/C11H14N4S/c12-10-4-5-13-11-8(7-14-15(10)11)9-3-1-2-6-16-9/h4-5,7,9H,1-3,6,12H2. The second-order valence-electron chi connectivity index (χ2n) is 4.06. The number of nitrogen functional groups attached to an aromatic ring is 1. The van der Waals surface area contributed by atoms with Crippen LogP contribution in [0.25, 0.3) is 5.65 Å². The van der Waals surface area contributed by atoms with Crippen molar-refractivity contribution >= 4 is 23.2 Å². The molecule has 2 aromatic rings. The summed E-state index contributed by atoms with van der Waals surface area (Å²) < 4.78 is 1.73. The summed E-state index contributed by atoms with van der Waals surface area (Å²) in [6, 6.07) is 1.78. The molecule has 0 saturated carbocycles. The van der Waals surface area contributed by atoms with E-state index in [-0.39, 0.29) is 0 Å². The minimum absolute atomic E-state index is 0.542. The van der Waals surface area contributed by atoms with Gasteiger partial charge in [-0.3, -0.25) is 0 Å². The first-order valence-electron chi connectivity index (χ1n) is 5.56. The van der Waals surface area contributed by atoms with Gasteiger partial charge in [-0.15, -0.1) is 0 Å². The van der Waals surface area contributed by atoms with Crippen molar-refractivity contribution in [3.8, 4) is 0 Å². The molecule has 84 valence electrons. The minimum Gasteiger partial charge on any atom is -0.384 e. The maximum absolute atomic E-state index is 5.85. The van der Waals surface area contributed by atoms with Crippen molar-refractivity contribution in [1.82, 2.24) is 14.6 Å². The van der Waals surface area contributed by atoms with E-state index in [0.717, 1.165) is 5.65 Å². The molecule has 0 aliphatic carbocycles. The second-order valence-corrected chi connectivity index (χ2v) is 5.37. The van der Waals surface area contributed by atoms with E-state index in [1.807, 2.05) is 18.0 Å². The van der Waals surface area contributed by atoms with Gasteiger partial charge in [0.05, 0.1) is 6.20 Å². The number of anilines is 1. The van der Waals surface area contributed by atoms with Crippen molar-refractivity contribution in [1.29, 1.82) is 0 Å². The molecule has 0 radical (unpaired) electrons. The van der Waals surface area contributed by atoms with E-state index in [9.17, 15) is 0 Å². The Morgan fingerprint density at radius 2 is 2.38 bits per heavy atom. The van der Waals surface area contributed by atoms with Gasteiger partial charge in [-0.2, -0.15) is 21.4 Å². The fourth-order valence-electron chi connectivity index (χ4n) is 2.14. The van der Waals surface area contributed by atoms with Gasteiger partial charge >= 0.3 is 0 Å². The first kappa shape index (κ1) is 9.96. The Morgan fingerprint density at radius 1 is 1.44 bits per heavy atom. The molecule has 0 amide bonds. The Balaban J connectivity index is 2.06. The number of rotatable bonds is 1. The van der Waals surface area contributed by atoms with Gasteiger partial charge in [0, 0.05) is 17.0 Å². The molecule has 0 spiro atoms. The summed E-state index contributed by atoms with van der Waals surface area (Å²) in [6.07, 6.45) is 7.53. The van der Waals surface area contributed by atoms with E-state index in [2.05, 4.69) is 10.1 Å². The van der Waals surface area contributed by atoms with Gasteiger partial charge in [0.15, 0.2) is 5.65 Å². The number of thioether (sulfide) groups is 1. The van der Waals surface area contributed by atoms with Crippen molar-refractivity contribution < 1.29 is 0 Å². The number of nitrogens with two attached hydrogens (primary N) is 1. The summed E-state index contributed by atoms with van der Waals surface area (Å²) in [5, 5.41) is 4.85. The molecule has 0 aromatic carbocycles. The molecule has 1 unspecified atom stereocenters. The normalized spacial score (nSPS) is 21.4. The number of hydrogen-bond donors (Lipinski definition) is 1. The lowest BCUT2D eigenvalue weighted by Crippen LogP contribution is -2.03. The quantitative estimate of drug-likeness (QED) is 0.822. The molecular weight excluding hydrogens is 220 g/mol. The molecule has 2 N–H and O–H groups in total. The van der Waals surface area contributed by atoms with Crippen molar-refractivity contribution in [2.45, 2.75) is 24.5 Å². The molecule has 2 aromatic heterocycles. The predicted octanol–water partition coefficient (Wildman–Crippen LogP) is 2.27. The van der Waals surface area contributed by atoms with E-state index in [0.29, 0.717) is 11.1 Å². The van der Waals surface area contributed by atoms with Crippen LogP contribution in [0.3, 0.4) is 0 Å². The van der Waals surface area contributed by atoms with Crippen molar-refractivity contribution in [2.24, 2.45) is 0 Å². The zero-order valence-corrected chi connectivity index (χ0v) is 9.78. The molecule has 1 fully saturated rings. The third-order valence-corrected chi connectivity index (χ3v) is 4.40. The lowest BCUT2D eigenvalue weighted by Gasteiger charge is -2.19. The number of nitrogens with zero attached hydrogens (tertiary/aromatic N) is 3. The van der Waals surface area contributed by atoms with Crippen molar-refractivity contribution in [3.05, 3.63) is 24.0 Å². The van der Waals surface area contributed by atoms with Crippen LogP contribution in [0.2, 0.25) is 0 Å². The van der Waals surface area contributed by atoms with Crippen LogP contribution in [-0.2, 0) is 0 Å². The third-order valence-electron chi connectivity index (χ3n) is 2.98. The lowest BCUT2D eigenvalue weighted by atomic mass is 10.1. The summed E-state index contributed by atoms with van der Waals surface area (Å²) in [7, 11) is 0. The summed E-state index contributed by atoms with van der Waals surface area (Å²) in [5.41, 5.74) is 8.00. The van der Waals surface area contributed by atoms with Crippen LogP contribution in [0.5, 0.6) is 0 Å². The fraction of sp³-hybridized carbons (Fsp3) is 0.455. The zero-order chi connectivity index (χ0) is 11.0. The van der Waals surface area contributed by atoms with Crippen LogP contribution in [0.4, 0.5) is 5.82 Å². The van der Waals surface area contributed by atoms with Gasteiger partial charge < -0.3 is 5.73 Å². The highest BCUT2D eigenvalue weighted by Crippen LogP contribution is 2.39. The molecule has 3 rings (SSSR count). The largest absolute Gasteiger partial charge is 0.384 e. The van der Waals surface area contributed by atoms with Gasteiger partial charge in [-0.05, 0) is 24.7 Å². The highest BCUT2D eigenvalue weighted by Gasteiger charge is 2.20. The molecule has 1 aliphatic heterocycles. The molecule has 1 atom stereocenters. The molecule has 1 aliphatic rings. The van der Waals surface area contributed by atoms with Crippen LogP contribution in [0.1, 0.15) is 30.1 Å². The average Bonchev–Trinajstić information content (AvgIpc) is 2.75. The van der Waals surface area contributed by atoms with Crippen molar-refractivity contribution in [2.75, 3.05) is 11.5 Å². The van der Waals surface area contributed by atoms with Gasteiger partial charge in [0.2, 0.25) is 0 Å². The van der Waals surface area contributed by atoms with Crippen LogP contribution in [0.15, 0.2) is 18.5 Å². The lowest BCUT2D eigenvalue weighted by molar-refractivity contribution is 0.688. The summed E-state index contributed by atoms with van der Waals surface area (Å²) in [4.78, 5) is 4.38. The number of aromatic nitrogens is 3. The molecule has 5 heteroatoms. The third kappa shape index (κ3) is 1.55. The summed E-state index contributed by atoms with van der Waals surface area (Å²) in [6.45, 7) is 0. The molecule has 4 nitrogen and oxygen atoms in total. The first-order chi connectivity index (χ1) is 7.86. The average molecular weight is 234 g/mol. The van der Waals surface area contributed by atoms with Crippen molar-refractivity contribution in [3.63, 3.8) is 0 Å². The summed E-state index contributed by atoms with van der Waals surface area (Å²) >= 11 is 2.01. The zero-order valence-electron chi connectivity index (χ0n) is 8.97. The van der Waals surface area contributed by atoms with Crippen LogP contribution in [0, 0.1) is 0 Å². The molecule has 3 heterocycles. The van der Waals surface area contributed by atoms with E-state index >= 15 is 0 Å². The van der Waals surface area contributed by atoms with Crippen LogP contribution < -0.4 is 5.73 Å². The summed E-state index contributed by atoms with van der Waals surface area (Å²) in [5.74, 6) is 1.89. The van der Waals surface area contributed by atoms with Gasteiger partial charge in [0.25, 0.3) is 0 Å². The Labute approximate surface area is 98.2 Å². The monoisotopic (exact) mass is 234 g/mol. The Bertz CT molecular complexity index is 502. The Morgan fingerprint density at radius 3 is 3.19 bits per heavy atom. The van der Waals surface area contributed by atoms with E-state index in [1.54, 1.807) is 16.8 Å². The Kier molecular flexibility index (Phi) is 2.47. The van der Waals surface area contributed by atoms with Crippen LogP contribution in [-0.4, -0.2) is 20.4 Å². The highest BCUT2D eigenvalue weighted by molar-refractivity contribution is 7.99. The molecule has 1 saturated heterocycles. The SMILES string of the molecule is Nc1ccnc2c(C3CCCCS3)cnn12. The molecule has 16 heavy (non-hydrogen) atoms. The van der Waals surface area contributed by atoms with E-state index in [1.165, 1.54) is 30.6 Å². The maximum Gasteiger partial charge on any atom is 0.161 e. The molecule has 0 bridgehead atoms. The van der Waals surface area contributed by atoms with Gasteiger partial charge in [-0.1, -0.05) is 6.42 Å². The van der Waals surface area contributed by atoms with Gasteiger partial charge in [0.1, 0.15) is 5.82 Å². The number of hydrogen-bond acceptors (Lipinski definition) is 4. The Hall–Kier alpha value is -1.23. The second kappa shape index (κ2) is 3.97. The first-order valence-corrected chi connectivity index (χ1v) is 6.61. The topological polar surface area (TPSA) is 56.2 Å². The minimum atomic E-state index is 0.542. The highest BCUT2D eigenvalue weighted by atomic mass is 32.2. The fourth-order valence-corrected chi connectivity index (χ4v) is 3.48. The van der Waals surface area contributed by atoms with Gasteiger partial charge in [-0.25, -0.2) is 4.98 Å². The van der Waals surface area contributed by atoms with Crippen LogP contribution >= 0.6 is 11.8 Å². The molecular formula is C11H14N4S. The smallest absolute Gasteiger partial charge is 0.161 e. The predicted molar refractivity (Wildman–Crippen MR) is 66.4 cm³/mol. The van der Waals surface area contributed by atoms with E-state index < -0.39 is 0 Å².